The lowest BCUT2D eigenvalue weighted by molar-refractivity contribution is -0.127. The van der Waals surface area contributed by atoms with Crippen LogP contribution in [0.1, 0.15) is 19.4 Å². The van der Waals surface area contributed by atoms with Crippen molar-refractivity contribution in [2.75, 3.05) is 6.54 Å². The molecule has 0 aliphatic rings. The second-order valence-corrected chi connectivity index (χ2v) is 3.29. The summed E-state index contributed by atoms with van der Waals surface area (Å²) >= 11 is 0. The van der Waals surface area contributed by atoms with Gasteiger partial charge in [-0.15, -0.1) is 0 Å². The van der Waals surface area contributed by atoms with Crippen LogP contribution >= 0.6 is 0 Å². The van der Waals surface area contributed by atoms with Crippen molar-refractivity contribution in [2.24, 2.45) is 0 Å². The average molecular weight is 218 g/mol. The number of likely N-dealkylation sites (N-methyl/N-ethyl adjacent to an activating group) is 1. The van der Waals surface area contributed by atoms with Gasteiger partial charge in [0.2, 0.25) is 0 Å². The molecule has 4 heteroatoms. The van der Waals surface area contributed by atoms with Crippen molar-refractivity contribution in [3.05, 3.63) is 29.8 Å². The van der Waals surface area contributed by atoms with Crippen molar-refractivity contribution in [3.8, 4) is 11.8 Å². The topological polar surface area (TPSA) is 62.1 Å². The van der Waals surface area contributed by atoms with Crippen LogP contribution in [0.2, 0.25) is 0 Å². The number of nitrogens with zero attached hydrogens (tertiary/aromatic N) is 1. The van der Waals surface area contributed by atoms with E-state index < -0.39 is 6.10 Å². The number of nitrogens with one attached hydrogen (secondary N) is 1. The molecule has 0 bridgehead atoms. The van der Waals surface area contributed by atoms with Gasteiger partial charge in [-0.05, 0) is 32.0 Å². The third kappa shape index (κ3) is 3.28. The van der Waals surface area contributed by atoms with Crippen LogP contribution in [0.25, 0.3) is 0 Å². The van der Waals surface area contributed by atoms with Crippen LogP contribution in [0.3, 0.4) is 0 Å². The van der Waals surface area contributed by atoms with E-state index in [0.717, 1.165) is 0 Å². The lowest BCUT2D eigenvalue weighted by Crippen LogP contribution is -2.36. The summed E-state index contributed by atoms with van der Waals surface area (Å²) < 4.78 is 5.41. The predicted octanol–water partition coefficient (Wildman–Crippen LogP) is 1.46. The zero-order valence-corrected chi connectivity index (χ0v) is 9.36. The fraction of sp³-hybridized carbons (Fsp3) is 0.333. The highest BCUT2D eigenvalue weighted by atomic mass is 16.5. The standard InChI is InChI=1S/C12H14N2O2/c1-3-14-12(15)9(2)16-11-6-4-5-10(7-11)8-13/h4-7,9H,3H2,1-2H3,(H,14,15)/t9-/m1/s1. The maximum absolute atomic E-state index is 11.4. The summed E-state index contributed by atoms with van der Waals surface area (Å²) in [5.74, 6) is 0.364. The third-order valence-corrected chi connectivity index (χ3v) is 2.00. The van der Waals surface area contributed by atoms with Crippen LogP contribution < -0.4 is 10.1 Å². The summed E-state index contributed by atoms with van der Waals surface area (Å²) in [5, 5.41) is 11.4. The summed E-state index contributed by atoms with van der Waals surface area (Å²) in [6, 6.07) is 8.74. The zero-order chi connectivity index (χ0) is 12.0. The van der Waals surface area contributed by atoms with Gasteiger partial charge in [0.15, 0.2) is 6.10 Å². The van der Waals surface area contributed by atoms with E-state index >= 15 is 0 Å². The Hall–Kier alpha value is -2.02. The third-order valence-electron chi connectivity index (χ3n) is 2.00. The van der Waals surface area contributed by atoms with E-state index in [9.17, 15) is 4.79 Å². The van der Waals surface area contributed by atoms with Crippen LogP contribution in [0.15, 0.2) is 24.3 Å². The van der Waals surface area contributed by atoms with E-state index in [1.165, 1.54) is 0 Å². The molecule has 84 valence electrons. The first-order valence-electron chi connectivity index (χ1n) is 5.12. The van der Waals surface area contributed by atoms with E-state index in [-0.39, 0.29) is 5.91 Å². The number of nitriles is 1. The molecule has 1 atom stereocenters. The Morgan fingerprint density at radius 3 is 3.00 bits per heavy atom. The molecule has 0 aromatic heterocycles. The highest BCUT2D eigenvalue weighted by molar-refractivity contribution is 5.80. The minimum Gasteiger partial charge on any atom is -0.481 e. The van der Waals surface area contributed by atoms with Crippen molar-refractivity contribution in [3.63, 3.8) is 0 Å². The number of amides is 1. The Balaban J connectivity index is 2.66. The fourth-order valence-corrected chi connectivity index (χ4v) is 1.21. The van der Waals surface area contributed by atoms with Gasteiger partial charge in [-0.25, -0.2) is 0 Å². The Morgan fingerprint density at radius 2 is 2.38 bits per heavy atom. The van der Waals surface area contributed by atoms with Crippen LogP contribution in [0.5, 0.6) is 5.75 Å². The maximum atomic E-state index is 11.4. The minimum atomic E-state index is -0.561. The SMILES string of the molecule is CCNC(=O)[C@@H](C)Oc1cccc(C#N)c1. The second kappa shape index (κ2) is 5.76. The van der Waals surface area contributed by atoms with Crippen molar-refractivity contribution in [1.82, 2.24) is 5.32 Å². The molecule has 0 saturated heterocycles. The normalized spacial score (nSPS) is 11.3. The Kier molecular flexibility index (Phi) is 4.34. The molecule has 4 nitrogen and oxygen atoms in total. The van der Waals surface area contributed by atoms with Crippen molar-refractivity contribution in [1.29, 1.82) is 5.26 Å². The number of hydrogen-bond acceptors (Lipinski definition) is 3. The van der Waals surface area contributed by atoms with Gasteiger partial charge in [0.25, 0.3) is 5.91 Å². The monoisotopic (exact) mass is 218 g/mol. The number of carbonyl (C=O) groups excluding carboxylic acids is 1. The summed E-state index contributed by atoms with van der Waals surface area (Å²) in [5.41, 5.74) is 0.514. The molecule has 0 heterocycles. The highest BCUT2D eigenvalue weighted by Gasteiger charge is 2.13. The second-order valence-electron chi connectivity index (χ2n) is 3.29. The quantitative estimate of drug-likeness (QED) is 0.832. The summed E-state index contributed by atoms with van der Waals surface area (Å²) in [4.78, 5) is 11.4. The van der Waals surface area contributed by atoms with Crippen LogP contribution in [0, 0.1) is 11.3 Å². The molecule has 1 aromatic rings. The summed E-state index contributed by atoms with van der Waals surface area (Å²) in [6.07, 6.45) is -0.561. The van der Waals surface area contributed by atoms with Crippen molar-refractivity contribution in [2.45, 2.75) is 20.0 Å². The fourth-order valence-electron chi connectivity index (χ4n) is 1.21. The molecule has 0 aliphatic heterocycles. The van der Waals surface area contributed by atoms with E-state index in [1.54, 1.807) is 31.2 Å². The average Bonchev–Trinajstić information content (AvgIpc) is 2.29. The molecule has 1 amide bonds. The number of hydrogen-bond donors (Lipinski definition) is 1. The first-order valence-corrected chi connectivity index (χ1v) is 5.12. The molecular weight excluding hydrogens is 204 g/mol. The van der Waals surface area contributed by atoms with Crippen LogP contribution in [-0.2, 0) is 4.79 Å². The molecule has 0 spiro atoms. The van der Waals surface area contributed by atoms with Crippen LogP contribution in [0.4, 0.5) is 0 Å². The molecule has 1 rings (SSSR count). The number of ether oxygens (including phenoxy) is 1. The molecule has 1 N–H and O–H groups in total. The van der Waals surface area contributed by atoms with E-state index in [4.69, 9.17) is 10.00 Å². The number of rotatable bonds is 4. The van der Waals surface area contributed by atoms with E-state index in [1.807, 2.05) is 13.0 Å². The molecule has 0 aliphatic carbocycles. The largest absolute Gasteiger partial charge is 0.481 e. The lowest BCUT2D eigenvalue weighted by atomic mass is 10.2. The van der Waals surface area contributed by atoms with Crippen molar-refractivity contribution < 1.29 is 9.53 Å². The molecular formula is C12H14N2O2. The number of benzene rings is 1. The first-order chi connectivity index (χ1) is 7.67. The first kappa shape index (κ1) is 12.1. The van der Waals surface area contributed by atoms with Gasteiger partial charge < -0.3 is 10.1 Å². The molecule has 0 saturated carbocycles. The Bertz CT molecular complexity index is 410. The van der Waals surface area contributed by atoms with Crippen LogP contribution in [-0.4, -0.2) is 18.6 Å². The summed E-state index contributed by atoms with van der Waals surface area (Å²) in [6.45, 7) is 4.09. The Labute approximate surface area is 94.8 Å². The number of carbonyl (C=O) groups is 1. The molecule has 16 heavy (non-hydrogen) atoms. The smallest absolute Gasteiger partial charge is 0.260 e. The van der Waals surface area contributed by atoms with Gasteiger partial charge in [-0.3, -0.25) is 4.79 Å². The Morgan fingerprint density at radius 1 is 1.62 bits per heavy atom. The van der Waals surface area contributed by atoms with Gasteiger partial charge in [-0.2, -0.15) is 5.26 Å². The maximum Gasteiger partial charge on any atom is 0.260 e. The molecule has 0 fully saturated rings. The van der Waals surface area contributed by atoms with Gasteiger partial charge in [0.05, 0.1) is 11.6 Å². The summed E-state index contributed by atoms with van der Waals surface area (Å²) in [7, 11) is 0. The molecule has 0 unspecified atom stereocenters. The molecule has 1 aromatic carbocycles. The predicted molar refractivity (Wildman–Crippen MR) is 59.9 cm³/mol. The van der Waals surface area contributed by atoms with Gasteiger partial charge in [-0.1, -0.05) is 6.07 Å². The highest BCUT2D eigenvalue weighted by Crippen LogP contribution is 2.14. The zero-order valence-electron chi connectivity index (χ0n) is 9.36. The minimum absolute atomic E-state index is 0.162. The van der Waals surface area contributed by atoms with Gasteiger partial charge in [0, 0.05) is 6.54 Å². The van der Waals surface area contributed by atoms with E-state index in [0.29, 0.717) is 17.9 Å². The van der Waals surface area contributed by atoms with Crippen molar-refractivity contribution >= 4 is 5.91 Å². The van der Waals surface area contributed by atoms with Gasteiger partial charge >= 0.3 is 0 Å². The lowest BCUT2D eigenvalue weighted by Gasteiger charge is -2.13. The van der Waals surface area contributed by atoms with Gasteiger partial charge in [0.1, 0.15) is 5.75 Å². The molecule has 0 radical (unpaired) electrons. The van der Waals surface area contributed by atoms with E-state index in [2.05, 4.69) is 5.32 Å².